The van der Waals surface area contributed by atoms with Crippen molar-refractivity contribution in [3.8, 4) is 0 Å². The van der Waals surface area contributed by atoms with Gasteiger partial charge in [-0.05, 0) is 48.2 Å². The van der Waals surface area contributed by atoms with E-state index in [1.165, 1.54) is 6.07 Å². The first-order valence-corrected chi connectivity index (χ1v) is 9.91. The zero-order valence-corrected chi connectivity index (χ0v) is 16.8. The molecule has 28 heavy (non-hydrogen) atoms. The maximum Gasteiger partial charge on any atom is 0.293 e. The van der Waals surface area contributed by atoms with Gasteiger partial charge in [-0.3, -0.25) is 4.79 Å². The summed E-state index contributed by atoms with van der Waals surface area (Å²) in [7, 11) is 0. The highest BCUT2D eigenvalue weighted by Gasteiger charge is 2.43. The number of ether oxygens (including phenoxy) is 1. The third-order valence-corrected chi connectivity index (χ3v) is 5.85. The first-order chi connectivity index (χ1) is 13.5. The van der Waals surface area contributed by atoms with Crippen molar-refractivity contribution in [3.05, 3.63) is 63.6 Å². The van der Waals surface area contributed by atoms with E-state index in [4.69, 9.17) is 9.72 Å². The first-order valence-electron chi connectivity index (χ1n) is 9.12. The second-order valence-corrected chi connectivity index (χ2v) is 8.33. The number of hydrogen-bond donors (Lipinski definition) is 1. The predicted molar refractivity (Wildman–Crippen MR) is 106 cm³/mol. The summed E-state index contributed by atoms with van der Waals surface area (Å²) in [5.41, 5.74) is 3.00. The van der Waals surface area contributed by atoms with E-state index in [1.54, 1.807) is 6.07 Å². The lowest BCUT2D eigenvalue weighted by Gasteiger charge is -2.16. The molecule has 1 heterocycles. The van der Waals surface area contributed by atoms with Gasteiger partial charge in [0.25, 0.3) is 6.47 Å². The van der Waals surface area contributed by atoms with E-state index in [0.717, 1.165) is 35.3 Å². The Bertz CT molecular complexity index is 1030. The average Bonchev–Trinajstić information content (AvgIpc) is 3.39. The fourth-order valence-corrected chi connectivity index (χ4v) is 3.80. The zero-order chi connectivity index (χ0) is 19.7. The van der Waals surface area contributed by atoms with Crippen molar-refractivity contribution >= 4 is 33.4 Å². The van der Waals surface area contributed by atoms with E-state index in [-0.39, 0.29) is 24.4 Å². The monoisotopic (exact) mass is 446 g/mol. The molecule has 0 amide bonds. The summed E-state index contributed by atoms with van der Waals surface area (Å²) in [6, 6.07) is 10.7. The van der Waals surface area contributed by atoms with Gasteiger partial charge in [-0.25, -0.2) is 9.37 Å². The van der Waals surface area contributed by atoms with Gasteiger partial charge in [0, 0.05) is 22.9 Å². The van der Waals surface area contributed by atoms with Crippen LogP contribution in [-0.4, -0.2) is 27.7 Å². The van der Waals surface area contributed by atoms with E-state index < -0.39 is 0 Å². The zero-order valence-electron chi connectivity index (χ0n) is 15.2. The molecular weight excluding hydrogens is 427 g/mol. The van der Waals surface area contributed by atoms with Gasteiger partial charge in [-0.2, -0.15) is 0 Å². The minimum Gasteiger partial charge on any atom is -0.463 e. The molecule has 1 N–H and O–H groups in total. The number of aliphatic hydroxyl groups excluding tert-OH is 1. The van der Waals surface area contributed by atoms with E-state index in [0.29, 0.717) is 29.5 Å². The van der Waals surface area contributed by atoms with Crippen molar-refractivity contribution in [1.29, 1.82) is 0 Å². The Hall–Kier alpha value is -2.25. The van der Waals surface area contributed by atoms with Gasteiger partial charge >= 0.3 is 0 Å². The first kappa shape index (κ1) is 19.1. The molecule has 1 aliphatic carbocycles. The summed E-state index contributed by atoms with van der Waals surface area (Å²) < 4.78 is 22.0. The van der Waals surface area contributed by atoms with Gasteiger partial charge in [0.15, 0.2) is 0 Å². The lowest BCUT2D eigenvalue weighted by Crippen LogP contribution is -2.18. The molecule has 0 radical (unpaired) electrons. The molecule has 1 aromatic heterocycles. The van der Waals surface area contributed by atoms with Crippen molar-refractivity contribution in [2.45, 2.75) is 32.4 Å². The van der Waals surface area contributed by atoms with Crippen LogP contribution in [0.2, 0.25) is 0 Å². The van der Waals surface area contributed by atoms with Crippen molar-refractivity contribution in [3.63, 3.8) is 0 Å². The standard InChI is InChI=1S/C21H20BrFN2O3/c22-16-3-2-15(17(23)9-16)8-20-24-18-4-1-14(10-28-13-27)7-19(18)25(20)11-21(12-26)5-6-21/h1-4,7,9,13,26H,5-6,8,10-12H2. The third-order valence-electron chi connectivity index (χ3n) is 5.36. The highest BCUT2D eigenvalue weighted by molar-refractivity contribution is 9.10. The second-order valence-electron chi connectivity index (χ2n) is 7.42. The molecule has 5 nitrogen and oxygen atoms in total. The van der Waals surface area contributed by atoms with Crippen LogP contribution >= 0.6 is 15.9 Å². The van der Waals surface area contributed by atoms with E-state index in [9.17, 15) is 14.3 Å². The van der Waals surface area contributed by atoms with Crippen molar-refractivity contribution < 1.29 is 19.0 Å². The maximum absolute atomic E-state index is 14.4. The lowest BCUT2D eigenvalue weighted by atomic mass is 10.1. The molecule has 2 aromatic carbocycles. The van der Waals surface area contributed by atoms with Gasteiger partial charge in [-0.1, -0.05) is 28.1 Å². The molecule has 1 fully saturated rings. The normalized spacial score (nSPS) is 15.0. The number of nitrogens with zero attached hydrogens (tertiary/aromatic N) is 2. The van der Waals surface area contributed by atoms with Crippen LogP contribution in [0.3, 0.4) is 0 Å². The number of aromatic nitrogens is 2. The summed E-state index contributed by atoms with van der Waals surface area (Å²) in [6.07, 6.45) is 2.28. The number of halogens is 2. The molecule has 0 aliphatic heterocycles. The van der Waals surface area contributed by atoms with Crippen LogP contribution in [0.15, 0.2) is 40.9 Å². The highest BCUT2D eigenvalue weighted by Crippen LogP contribution is 2.47. The lowest BCUT2D eigenvalue weighted by molar-refractivity contribution is -0.129. The minimum atomic E-state index is -0.281. The van der Waals surface area contributed by atoms with Gasteiger partial charge in [0.2, 0.25) is 0 Å². The van der Waals surface area contributed by atoms with Crippen molar-refractivity contribution in [1.82, 2.24) is 9.55 Å². The molecule has 146 valence electrons. The summed E-state index contributed by atoms with van der Waals surface area (Å²) >= 11 is 3.28. The largest absolute Gasteiger partial charge is 0.463 e. The van der Waals surface area contributed by atoms with E-state index in [2.05, 4.69) is 20.5 Å². The average molecular weight is 447 g/mol. The predicted octanol–water partition coefficient (Wildman–Crippen LogP) is 3.97. The molecular formula is C21H20BrFN2O3. The topological polar surface area (TPSA) is 64.3 Å². The number of hydrogen-bond acceptors (Lipinski definition) is 4. The molecule has 0 saturated heterocycles. The van der Waals surface area contributed by atoms with Crippen LogP contribution in [0.1, 0.15) is 29.8 Å². The molecule has 0 spiro atoms. The molecule has 4 rings (SSSR count). The summed E-state index contributed by atoms with van der Waals surface area (Å²) in [4.78, 5) is 15.2. The quantitative estimate of drug-likeness (QED) is 0.531. The Labute approximate surface area is 170 Å². The van der Waals surface area contributed by atoms with Crippen molar-refractivity contribution in [2.24, 2.45) is 5.41 Å². The molecule has 0 bridgehead atoms. The molecule has 1 aliphatic rings. The third kappa shape index (κ3) is 3.82. The van der Waals surface area contributed by atoms with Gasteiger partial charge in [0.05, 0.1) is 17.6 Å². The molecule has 3 aromatic rings. The molecule has 0 unspecified atom stereocenters. The van der Waals surface area contributed by atoms with Gasteiger partial charge in [-0.15, -0.1) is 0 Å². The maximum atomic E-state index is 14.4. The van der Waals surface area contributed by atoms with Gasteiger partial charge < -0.3 is 14.4 Å². The van der Waals surface area contributed by atoms with Crippen LogP contribution in [0.5, 0.6) is 0 Å². The molecule has 0 atom stereocenters. The summed E-state index contributed by atoms with van der Waals surface area (Å²) in [5, 5.41) is 9.80. The Morgan fingerprint density at radius 2 is 2.11 bits per heavy atom. The van der Waals surface area contributed by atoms with Crippen LogP contribution in [0.25, 0.3) is 11.0 Å². The van der Waals surface area contributed by atoms with Crippen LogP contribution < -0.4 is 0 Å². The number of aliphatic hydroxyl groups is 1. The van der Waals surface area contributed by atoms with Gasteiger partial charge in [0.1, 0.15) is 18.2 Å². The van der Waals surface area contributed by atoms with E-state index in [1.807, 2.05) is 24.3 Å². The Kier molecular flexibility index (Phi) is 5.21. The smallest absolute Gasteiger partial charge is 0.293 e. The Morgan fingerprint density at radius 1 is 1.29 bits per heavy atom. The molecule has 7 heteroatoms. The summed E-state index contributed by atoms with van der Waals surface area (Å²) in [5.74, 6) is 0.473. The molecule has 1 saturated carbocycles. The fraction of sp³-hybridized carbons (Fsp3) is 0.333. The Balaban J connectivity index is 1.76. The number of fused-ring (bicyclic) bond motifs is 1. The SMILES string of the molecule is O=COCc1ccc2nc(Cc3ccc(Br)cc3F)n(CC3(CO)CC3)c2c1. The second kappa shape index (κ2) is 7.64. The number of carbonyl (C=O) groups is 1. The summed E-state index contributed by atoms with van der Waals surface area (Å²) in [6.45, 7) is 1.36. The minimum absolute atomic E-state index is 0.118. The van der Waals surface area contributed by atoms with Crippen LogP contribution in [-0.2, 0) is 29.1 Å². The van der Waals surface area contributed by atoms with Crippen molar-refractivity contribution in [2.75, 3.05) is 6.61 Å². The van der Waals surface area contributed by atoms with E-state index >= 15 is 0 Å². The highest BCUT2D eigenvalue weighted by atomic mass is 79.9. The van der Waals surface area contributed by atoms with Crippen LogP contribution in [0.4, 0.5) is 4.39 Å². The fourth-order valence-electron chi connectivity index (χ4n) is 3.46. The number of rotatable bonds is 8. The Morgan fingerprint density at radius 3 is 2.79 bits per heavy atom. The number of benzene rings is 2. The number of imidazole rings is 1. The number of carbonyl (C=O) groups excluding carboxylic acids is 1. The van der Waals surface area contributed by atoms with Crippen LogP contribution in [0, 0.1) is 11.2 Å².